The van der Waals surface area contributed by atoms with Crippen molar-refractivity contribution in [3.05, 3.63) is 64.7 Å². The average molecular weight is 373 g/mol. The number of carbonyl (C=O) groups is 2. The Bertz CT molecular complexity index is 822. The number of nitrogens with one attached hydrogen (secondary N) is 1. The lowest BCUT2D eigenvalue weighted by Crippen LogP contribution is -2.31. The van der Waals surface area contributed by atoms with Gasteiger partial charge in [0, 0.05) is 29.4 Å². The summed E-state index contributed by atoms with van der Waals surface area (Å²) < 4.78 is 0. The molecule has 0 bridgehead atoms. The van der Waals surface area contributed by atoms with Crippen molar-refractivity contribution in [1.29, 1.82) is 0 Å². The molecule has 1 aliphatic heterocycles. The topological polar surface area (TPSA) is 69.6 Å². The smallest absolute Gasteiger partial charge is 0.310 e. The number of carboxylic acid groups (broad SMARTS) is 1. The molecule has 1 atom stereocenters. The number of benzene rings is 2. The van der Waals surface area contributed by atoms with E-state index in [2.05, 4.69) is 10.2 Å². The molecule has 2 aromatic rings. The van der Waals surface area contributed by atoms with E-state index in [0.29, 0.717) is 35.8 Å². The molecular weight excluding hydrogens is 352 g/mol. The van der Waals surface area contributed by atoms with Crippen molar-refractivity contribution in [3.63, 3.8) is 0 Å². The summed E-state index contributed by atoms with van der Waals surface area (Å²) in [5.74, 6) is -0.942. The van der Waals surface area contributed by atoms with Crippen molar-refractivity contribution >= 4 is 29.2 Å². The van der Waals surface area contributed by atoms with E-state index in [-0.39, 0.29) is 5.91 Å². The molecule has 1 heterocycles. The van der Waals surface area contributed by atoms with Crippen molar-refractivity contribution in [1.82, 2.24) is 4.90 Å². The summed E-state index contributed by atoms with van der Waals surface area (Å²) in [4.78, 5) is 25.8. The minimum atomic E-state index is -0.746. The second kappa shape index (κ2) is 7.48. The molecule has 1 unspecified atom stereocenters. The molecular formula is C20H21ClN2O3. The number of likely N-dealkylation sites (tertiary alicyclic amines) is 1. The third-order valence-electron chi connectivity index (χ3n) is 4.77. The first kappa shape index (κ1) is 18.4. The molecule has 2 N–H and O–H groups in total. The molecule has 136 valence electrons. The van der Waals surface area contributed by atoms with Crippen molar-refractivity contribution in [2.24, 2.45) is 5.41 Å². The summed E-state index contributed by atoms with van der Waals surface area (Å²) in [5.41, 5.74) is 1.60. The maximum atomic E-state index is 12.3. The number of nitrogens with zero attached hydrogens (tertiary/aromatic N) is 1. The van der Waals surface area contributed by atoms with Crippen LogP contribution in [0, 0.1) is 5.41 Å². The Labute approximate surface area is 157 Å². The Morgan fingerprint density at radius 1 is 1.23 bits per heavy atom. The fourth-order valence-corrected chi connectivity index (χ4v) is 3.30. The highest BCUT2D eigenvalue weighted by Crippen LogP contribution is 2.31. The second-order valence-electron chi connectivity index (χ2n) is 6.99. The molecule has 0 spiro atoms. The van der Waals surface area contributed by atoms with Crippen molar-refractivity contribution < 1.29 is 14.7 Å². The second-order valence-corrected chi connectivity index (χ2v) is 7.42. The van der Waals surface area contributed by atoms with Gasteiger partial charge in [-0.3, -0.25) is 14.5 Å². The fraction of sp³-hybridized carbons (Fsp3) is 0.300. The molecule has 0 radical (unpaired) electrons. The zero-order valence-electron chi connectivity index (χ0n) is 14.5. The van der Waals surface area contributed by atoms with Crippen LogP contribution in [0.2, 0.25) is 5.02 Å². The van der Waals surface area contributed by atoms with Gasteiger partial charge in [-0.15, -0.1) is 0 Å². The van der Waals surface area contributed by atoms with Gasteiger partial charge in [0.25, 0.3) is 5.91 Å². The third-order valence-corrected chi connectivity index (χ3v) is 5.02. The Kier molecular flexibility index (Phi) is 5.30. The highest BCUT2D eigenvalue weighted by atomic mass is 35.5. The lowest BCUT2D eigenvalue weighted by Gasteiger charge is -2.20. The predicted molar refractivity (Wildman–Crippen MR) is 101 cm³/mol. The van der Waals surface area contributed by atoms with Gasteiger partial charge in [-0.1, -0.05) is 23.7 Å². The number of anilines is 1. The zero-order chi connectivity index (χ0) is 18.7. The van der Waals surface area contributed by atoms with Crippen LogP contribution >= 0.6 is 11.6 Å². The van der Waals surface area contributed by atoms with E-state index >= 15 is 0 Å². The van der Waals surface area contributed by atoms with Crippen LogP contribution in [0.25, 0.3) is 0 Å². The van der Waals surface area contributed by atoms with Gasteiger partial charge < -0.3 is 10.4 Å². The zero-order valence-corrected chi connectivity index (χ0v) is 15.3. The van der Waals surface area contributed by atoms with Crippen molar-refractivity contribution in [2.75, 3.05) is 18.4 Å². The van der Waals surface area contributed by atoms with Crippen LogP contribution in [-0.2, 0) is 11.3 Å². The molecule has 5 nitrogen and oxygen atoms in total. The van der Waals surface area contributed by atoms with Gasteiger partial charge in [-0.05, 0) is 61.9 Å². The minimum Gasteiger partial charge on any atom is -0.481 e. The number of hydrogen-bond acceptors (Lipinski definition) is 3. The van der Waals surface area contributed by atoms with Gasteiger partial charge in [-0.25, -0.2) is 0 Å². The molecule has 1 fully saturated rings. The third kappa shape index (κ3) is 4.23. The quantitative estimate of drug-likeness (QED) is 0.835. The Hall–Kier alpha value is -2.37. The summed E-state index contributed by atoms with van der Waals surface area (Å²) in [5, 5.41) is 12.8. The van der Waals surface area contributed by atoms with E-state index in [0.717, 1.165) is 12.1 Å². The Balaban J connectivity index is 1.64. The predicted octanol–water partition coefficient (Wildman–Crippen LogP) is 3.89. The lowest BCUT2D eigenvalue weighted by molar-refractivity contribution is -0.147. The molecule has 1 amide bonds. The van der Waals surface area contributed by atoms with Gasteiger partial charge in [-0.2, -0.15) is 0 Å². The normalized spacial score (nSPS) is 20.1. The average Bonchev–Trinajstić information content (AvgIpc) is 2.98. The van der Waals surface area contributed by atoms with Gasteiger partial charge in [0.05, 0.1) is 5.41 Å². The van der Waals surface area contributed by atoms with E-state index in [1.165, 1.54) is 0 Å². The molecule has 0 aromatic heterocycles. The number of hydrogen-bond donors (Lipinski definition) is 2. The number of aliphatic carboxylic acids is 1. The molecule has 3 rings (SSSR count). The standard InChI is InChI=1S/C20H21ClN2O3/c1-20(19(25)26)9-10-23(13-20)12-14-3-2-4-17(11-14)22-18(24)15-5-7-16(21)8-6-15/h2-8,11H,9-10,12-13H2,1H3,(H,22,24)(H,25,26). The van der Waals surface area contributed by atoms with E-state index in [1.807, 2.05) is 24.3 Å². The number of amides is 1. The summed E-state index contributed by atoms with van der Waals surface area (Å²) in [6.45, 7) is 3.74. The number of halogens is 1. The van der Waals surface area contributed by atoms with Crippen LogP contribution in [0.5, 0.6) is 0 Å². The van der Waals surface area contributed by atoms with E-state index in [9.17, 15) is 14.7 Å². The summed E-state index contributed by atoms with van der Waals surface area (Å²) in [6.07, 6.45) is 0.648. The molecule has 2 aromatic carbocycles. The van der Waals surface area contributed by atoms with Crippen molar-refractivity contribution in [2.45, 2.75) is 19.9 Å². The molecule has 1 saturated heterocycles. The summed E-state index contributed by atoms with van der Waals surface area (Å²) in [7, 11) is 0. The van der Waals surface area contributed by atoms with E-state index < -0.39 is 11.4 Å². The fourth-order valence-electron chi connectivity index (χ4n) is 3.18. The highest BCUT2D eigenvalue weighted by Gasteiger charge is 2.40. The SMILES string of the molecule is CC1(C(=O)O)CCN(Cc2cccc(NC(=O)c3ccc(Cl)cc3)c2)C1. The van der Waals surface area contributed by atoms with Crippen LogP contribution in [0.1, 0.15) is 29.3 Å². The maximum Gasteiger partial charge on any atom is 0.310 e. The maximum absolute atomic E-state index is 12.3. The van der Waals surface area contributed by atoms with Crippen molar-refractivity contribution in [3.8, 4) is 0 Å². The number of carboxylic acids is 1. The molecule has 26 heavy (non-hydrogen) atoms. The monoisotopic (exact) mass is 372 g/mol. The number of rotatable bonds is 5. The molecule has 0 saturated carbocycles. The number of carbonyl (C=O) groups excluding carboxylic acids is 1. The van der Waals surface area contributed by atoms with Crippen LogP contribution in [0.4, 0.5) is 5.69 Å². The van der Waals surface area contributed by atoms with Gasteiger partial charge in [0.15, 0.2) is 0 Å². The Morgan fingerprint density at radius 3 is 2.62 bits per heavy atom. The first-order valence-electron chi connectivity index (χ1n) is 8.47. The Morgan fingerprint density at radius 2 is 1.96 bits per heavy atom. The van der Waals surface area contributed by atoms with Crippen LogP contribution in [0.3, 0.4) is 0 Å². The van der Waals surface area contributed by atoms with E-state index in [1.54, 1.807) is 31.2 Å². The van der Waals surface area contributed by atoms with E-state index in [4.69, 9.17) is 11.6 Å². The van der Waals surface area contributed by atoms with Gasteiger partial charge in [0.1, 0.15) is 0 Å². The first-order valence-corrected chi connectivity index (χ1v) is 8.85. The van der Waals surface area contributed by atoms with Crippen LogP contribution < -0.4 is 5.32 Å². The first-order chi connectivity index (χ1) is 12.4. The highest BCUT2D eigenvalue weighted by molar-refractivity contribution is 6.30. The van der Waals surface area contributed by atoms with Gasteiger partial charge >= 0.3 is 5.97 Å². The minimum absolute atomic E-state index is 0.196. The van der Waals surface area contributed by atoms with Crippen LogP contribution in [-0.4, -0.2) is 35.0 Å². The van der Waals surface area contributed by atoms with Crippen LogP contribution in [0.15, 0.2) is 48.5 Å². The summed E-state index contributed by atoms with van der Waals surface area (Å²) >= 11 is 5.84. The largest absolute Gasteiger partial charge is 0.481 e. The molecule has 1 aliphatic rings. The summed E-state index contributed by atoms with van der Waals surface area (Å²) in [6, 6.07) is 14.3. The molecule has 0 aliphatic carbocycles. The van der Waals surface area contributed by atoms with Gasteiger partial charge in [0.2, 0.25) is 0 Å². The lowest BCUT2D eigenvalue weighted by atomic mass is 9.90. The molecule has 6 heteroatoms.